The van der Waals surface area contributed by atoms with Crippen LogP contribution in [-0.2, 0) is 10.8 Å². The van der Waals surface area contributed by atoms with Gasteiger partial charge >= 0.3 is 0 Å². The van der Waals surface area contributed by atoms with E-state index in [1.165, 1.54) is 7.11 Å². The van der Waals surface area contributed by atoms with E-state index >= 15 is 0 Å². The van der Waals surface area contributed by atoms with Crippen molar-refractivity contribution in [3.8, 4) is 11.8 Å². The maximum Gasteiger partial charge on any atom is 0.135 e. The predicted molar refractivity (Wildman–Crippen MR) is 54.3 cm³/mol. The fourth-order valence-electron chi connectivity index (χ4n) is 1.01. The van der Waals surface area contributed by atoms with Gasteiger partial charge in [-0.3, -0.25) is 4.21 Å². The van der Waals surface area contributed by atoms with Crippen LogP contribution in [0, 0.1) is 11.3 Å². The third-order valence-corrected chi connectivity index (χ3v) is 2.83. The van der Waals surface area contributed by atoms with Gasteiger partial charge in [-0.2, -0.15) is 5.26 Å². The summed E-state index contributed by atoms with van der Waals surface area (Å²) >= 11 is 0. The lowest BCUT2D eigenvalue weighted by Gasteiger charge is -2.06. The lowest BCUT2D eigenvalue weighted by Crippen LogP contribution is -2.00. The maximum absolute atomic E-state index is 11.5. The first-order chi connectivity index (χ1) is 6.69. The Hall–Kier alpha value is -1.54. The van der Waals surface area contributed by atoms with Crippen molar-refractivity contribution in [1.82, 2.24) is 0 Å². The minimum atomic E-state index is -1.37. The van der Waals surface area contributed by atoms with E-state index in [2.05, 4.69) is 0 Å². The molecule has 1 rings (SSSR count). The van der Waals surface area contributed by atoms with Crippen LogP contribution in [0.4, 0.5) is 5.69 Å². The van der Waals surface area contributed by atoms with Crippen LogP contribution >= 0.6 is 0 Å². The molecule has 0 fully saturated rings. The number of nitrogens with zero attached hydrogens (tertiary/aromatic N) is 1. The normalized spacial score (nSPS) is 11.7. The Labute approximate surface area is 84.7 Å². The predicted octanol–water partition coefficient (Wildman–Crippen LogP) is 0.909. The average molecular weight is 210 g/mol. The number of nitriles is 1. The number of nitrogen functional groups attached to an aromatic ring is 1. The summed E-state index contributed by atoms with van der Waals surface area (Å²) < 4.78 is 16.5. The molecule has 1 aromatic carbocycles. The lowest BCUT2D eigenvalue weighted by atomic mass is 10.3. The molecule has 0 aliphatic heterocycles. The Morgan fingerprint density at radius 3 is 2.93 bits per heavy atom. The van der Waals surface area contributed by atoms with Crippen molar-refractivity contribution >= 4 is 16.5 Å². The first kappa shape index (κ1) is 10.5. The van der Waals surface area contributed by atoms with Crippen molar-refractivity contribution in [3.05, 3.63) is 18.2 Å². The van der Waals surface area contributed by atoms with E-state index in [-0.39, 0.29) is 5.75 Å². The molecule has 0 amide bonds. The molecule has 0 spiro atoms. The van der Waals surface area contributed by atoms with Crippen molar-refractivity contribution < 1.29 is 8.95 Å². The van der Waals surface area contributed by atoms with Gasteiger partial charge in [0, 0.05) is 5.69 Å². The number of methoxy groups -OCH3 is 1. The number of benzene rings is 1. The molecule has 0 heterocycles. The van der Waals surface area contributed by atoms with E-state index < -0.39 is 10.8 Å². The van der Waals surface area contributed by atoms with E-state index in [0.717, 1.165) is 0 Å². The molecule has 0 radical (unpaired) electrons. The van der Waals surface area contributed by atoms with E-state index in [1.54, 1.807) is 18.2 Å². The molecule has 1 aromatic rings. The molecule has 2 N–H and O–H groups in total. The van der Waals surface area contributed by atoms with Crippen LogP contribution in [0.3, 0.4) is 0 Å². The first-order valence-corrected chi connectivity index (χ1v) is 5.19. The highest BCUT2D eigenvalue weighted by atomic mass is 32.2. The average Bonchev–Trinajstić information content (AvgIpc) is 2.18. The van der Waals surface area contributed by atoms with Gasteiger partial charge in [-0.15, -0.1) is 0 Å². The summed E-state index contributed by atoms with van der Waals surface area (Å²) in [7, 11) is 0.113. The molecule has 4 nitrogen and oxygen atoms in total. The maximum atomic E-state index is 11.5. The van der Waals surface area contributed by atoms with E-state index in [0.29, 0.717) is 16.3 Å². The summed E-state index contributed by atoms with van der Waals surface area (Å²) in [5.74, 6) is 0.438. The third-order valence-electron chi connectivity index (χ3n) is 1.63. The number of ether oxygens (including phenoxy) is 1. The minimum absolute atomic E-state index is 0.0557. The van der Waals surface area contributed by atoms with Gasteiger partial charge in [0.25, 0.3) is 0 Å². The second-order valence-corrected chi connectivity index (χ2v) is 3.98. The molecule has 74 valence electrons. The van der Waals surface area contributed by atoms with Gasteiger partial charge in [0.1, 0.15) is 11.5 Å². The third kappa shape index (κ3) is 2.24. The lowest BCUT2D eigenvalue weighted by molar-refractivity contribution is 0.404. The standard InChI is InChI=1S/C9H10N2O2S/c1-13-8-3-2-7(11)6-9(8)14(12)5-4-10/h2-3,6H,5,11H2,1H3. The Kier molecular flexibility index (Phi) is 3.48. The van der Waals surface area contributed by atoms with E-state index in [4.69, 9.17) is 15.7 Å². The van der Waals surface area contributed by atoms with Crippen LogP contribution in [0.25, 0.3) is 0 Å². The van der Waals surface area contributed by atoms with Crippen LogP contribution in [0.2, 0.25) is 0 Å². The molecule has 1 unspecified atom stereocenters. The minimum Gasteiger partial charge on any atom is -0.495 e. The van der Waals surface area contributed by atoms with Gasteiger partial charge in [0.2, 0.25) is 0 Å². The van der Waals surface area contributed by atoms with Crippen molar-refractivity contribution in [3.63, 3.8) is 0 Å². The van der Waals surface area contributed by atoms with Gasteiger partial charge in [-0.05, 0) is 18.2 Å². The Morgan fingerprint density at radius 2 is 2.36 bits per heavy atom. The van der Waals surface area contributed by atoms with Crippen LogP contribution in [0.5, 0.6) is 5.75 Å². The van der Waals surface area contributed by atoms with Gasteiger partial charge < -0.3 is 10.5 Å². The summed E-state index contributed by atoms with van der Waals surface area (Å²) in [6.07, 6.45) is 0. The van der Waals surface area contributed by atoms with Gasteiger partial charge in [0.15, 0.2) is 0 Å². The topological polar surface area (TPSA) is 76.1 Å². The summed E-state index contributed by atoms with van der Waals surface area (Å²) in [5.41, 5.74) is 6.05. The Balaban J connectivity index is 3.11. The zero-order valence-electron chi connectivity index (χ0n) is 7.69. The summed E-state index contributed by atoms with van der Waals surface area (Å²) in [4.78, 5) is 0.467. The SMILES string of the molecule is COc1ccc(N)cc1S(=O)CC#N. The molecule has 0 bridgehead atoms. The highest BCUT2D eigenvalue weighted by Crippen LogP contribution is 2.24. The number of hydrogen-bond acceptors (Lipinski definition) is 4. The van der Waals surface area contributed by atoms with E-state index in [1.807, 2.05) is 6.07 Å². The van der Waals surface area contributed by atoms with Crippen LogP contribution in [0.15, 0.2) is 23.1 Å². The van der Waals surface area contributed by atoms with Crippen molar-refractivity contribution in [2.24, 2.45) is 0 Å². The number of hydrogen-bond donors (Lipinski definition) is 1. The summed E-state index contributed by atoms with van der Waals surface area (Å²) in [6, 6.07) is 6.70. The zero-order chi connectivity index (χ0) is 10.6. The van der Waals surface area contributed by atoms with Crippen molar-refractivity contribution in [1.29, 1.82) is 5.26 Å². The number of anilines is 1. The summed E-state index contributed by atoms with van der Waals surface area (Å²) in [6.45, 7) is 0. The smallest absolute Gasteiger partial charge is 0.135 e. The molecule has 1 atom stereocenters. The van der Waals surface area contributed by atoms with Gasteiger partial charge in [0.05, 0.1) is 28.9 Å². The molecule has 5 heteroatoms. The van der Waals surface area contributed by atoms with Gasteiger partial charge in [-0.1, -0.05) is 0 Å². The Bertz CT molecular complexity index is 398. The molecule has 0 saturated carbocycles. The van der Waals surface area contributed by atoms with Crippen molar-refractivity contribution in [2.45, 2.75) is 4.90 Å². The first-order valence-electron chi connectivity index (χ1n) is 3.88. The second-order valence-electron chi connectivity index (χ2n) is 2.56. The zero-order valence-corrected chi connectivity index (χ0v) is 8.50. The molecule has 0 saturated heterocycles. The fourth-order valence-corrected chi connectivity index (χ4v) is 1.92. The van der Waals surface area contributed by atoms with Gasteiger partial charge in [-0.25, -0.2) is 0 Å². The van der Waals surface area contributed by atoms with Crippen LogP contribution in [0.1, 0.15) is 0 Å². The fraction of sp³-hybridized carbons (Fsp3) is 0.222. The largest absolute Gasteiger partial charge is 0.495 e. The molecular formula is C9H10N2O2S. The summed E-state index contributed by atoms with van der Waals surface area (Å²) in [5, 5.41) is 8.42. The second kappa shape index (κ2) is 4.63. The molecule has 14 heavy (non-hydrogen) atoms. The van der Waals surface area contributed by atoms with E-state index in [9.17, 15) is 4.21 Å². The van der Waals surface area contributed by atoms with Crippen LogP contribution in [-0.4, -0.2) is 17.1 Å². The highest BCUT2D eigenvalue weighted by Gasteiger charge is 2.10. The molecular weight excluding hydrogens is 200 g/mol. The molecule has 0 aliphatic carbocycles. The number of rotatable bonds is 3. The molecule has 0 aliphatic rings. The van der Waals surface area contributed by atoms with Crippen LogP contribution < -0.4 is 10.5 Å². The highest BCUT2D eigenvalue weighted by molar-refractivity contribution is 7.85. The monoisotopic (exact) mass is 210 g/mol. The quantitative estimate of drug-likeness (QED) is 0.752. The van der Waals surface area contributed by atoms with Crippen molar-refractivity contribution in [2.75, 3.05) is 18.6 Å². The molecule has 0 aromatic heterocycles. The Morgan fingerprint density at radius 1 is 1.64 bits per heavy atom. The number of nitrogens with two attached hydrogens (primary N) is 1.